The topological polar surface area (TPSA) is 45.4 Å². The minimum atomic E-state index is 0.570. The molecule has 1 saturated heterocycles. The number of piperidine rings is 1. The van der Waals surface area contributed by atoms with Crippen LogP contribution in [0.5, 0.6) is 0 Å². The van der Waals surface area contributed by atoms with Crippen molar-refractivity contribution in [2.75, 3.05) is 39.5 Å². The number of rotatable bonds is 5. The molecule has 4 rings (SSSR count). The van der Waals surface area contributed by atoms with Crippen LogP contribution in [-0.4, -0.2) is 54.6 Å². The fourth-order valence-electron chi connectivity index (χ4n) is 4.27. The number of benzene rings is 1. The monoisotopic (exact) mass is 322 g/mol. The van der Waals surface area contributed by atoms with Gasteiger partial charge in [0.2, 0.25) is 0 Å². The number of hydrogen-bond donors (Lipinski definition) is 1. The zero-order chi connectivity index (χ0) is 16.7. The molecule has 24 heavy (non-hydrogen) atoms. The number of aromatic nitrogens is 1. The molecule has 1 aromatic carbocycles. The van der Waals surface area contributed by atoms with E-state index in [2.05, 4.69) is 53.1 Å². The lowest BCUT2D eigenvalue weighted by atomic mass is 10.1. The fraction of sp³-hybridized carbons (Fsp3) is 0.450. The van der Waals surface area contributed by atoms with Crippen LogP contribution in [0.2, 0.25) is 0 Å². The quantitative estimate of drug-likeness (QED) is 0.918. The summed E-state index contributed by atoms with van der Waals surface area (Å²) in [6.07, 6.45) is 1.12. The molecule has 1 aliphatic carbocycles. The minimum absolute atomic E-state index is 0.570. The van der Waals surface area contributed by atoms with E-state index in [1.165, 1.54) is 25.2 Å². The Bertz CT molecular complexity index is 698. The van der Waals surface area contributed by atoms with Crippen LogP contribution in [0.4, 0.5) is 5.82 Å². The summed E-state index contributed by atoms with van der Waals surface area (Å²) in [5.41, 5.74) is 9.23. The van der Waals surface area contributed by atoms with Crippen molar-refractivity contribution in [3.8, 4) is 11.3 Å². The first-order valence-corrected chi connectivity index (χ1v) is 8.82. The number of fused-ring (bicyclic) bond motifs is 1. The Hall–Kier alpha value is -1.91. The van der Waals surface area contributed by atoms with Crippen LogP contribution < -0.4 is 5.73 Å². The highest BCUT2D eigenvalue weighted by molar-refractivity contribution is 5.61. The van der Waals surface area contributed by atoms with Gasteiger partial charge in [-0.25, -0.2) is 4.98 Å². The standard InChI is InChI=1S/C20H26N4/c1-23(2)20-16-12-24(13-17(16)20)11-10-14-6-8-15(9-7-14)18-4-3-5-19(21)22-18/h3-9,16-17,20H,10-13H2,1-2H3,(H2,21,22). The lowest BCUT2D eigenvalue weighted by molar-refractivity contribution is 0.252. The highest BCUT2D eigenvalue weighted by Crippen LogP contribution is 2.47. The number of nitrogens with two attached hydrogens (primary N) is 1. The average molecular weight is 322 g/mol. The van der Waals surface area contributed by atoms with E-state index in [1.807, 2.05) is 18.2 Å². The van der Waals surface area contributed by atoms with Crippen molar-refractivity contribution in [1.29, 1.82) is 0 Å². The van der Waals surface area contributed by atoms with Crippen LogP contribution in [0, 0.1) is 11.8 Å². The van der Waals surface area contributed by atoms with E-state index in [0.717, 1.165) is 35.6 Å². The third-order valence-electron chi connectivity index (χ3n) is 5.56. The maximum atomic E-state index is 5.77. The lowest BCUT2D eigenvalue weighted by Crippen LogP contribution is -2.32. The predicted molar refractivity (Wildman–Crippen MR) is 98.7 cm³/mol. The minimum Gasteiger partial charge on any atom is -0.384 e. The van der Waals surface area contributed by atoms with Gasteiger partial charge < -0.3 is 15.5 Å². The van der Waals surface area contributed by atoms with Gasteiger partial charge in [0.25, 0.3) is 0 Å². The molecule has 1 aliphatic heterocycles. The van der Waals surface area contributed by atoms with Crippen molar-refractivity contribution < 1.29 is 0 Å². The van der Waals surface area contributed by atoms with Gasteiger partial charge in [0.1, 0.15) is 5.82 Å². The fourth-order valence-corrected chi connectivity index (χ4v) is 4.27. The molecule has 4 heteroatoms. The van der Waals surface area contributed by atoms with Crippen molar-refractivity contribution in [3.05, 3.63) is 48.0 Å². The molecule has 0 spiro atoms. The van der Waals surface area contributed by atoms with Crippen molar-refractivity contribution in [1.82, 2.24) is 14.8 Å². The third-order valence-corrected chi connectivity index (χ3v) is 5.56. The molecule has 4 nitrogen and oxygen atoms in total. The highest BCUT2D eigenvalue weighted by atomic mass is 15.3. The van der Waals surface area contributed by atoms with Gasteiger partial charge in [-0.05, 0) is 50.0 Å². The van der Waals surface area contributed by atoms with E-state index in [-0.39, 0.29) is 0 Å². The molecule has 2 fully saturated rings. The van der Waals surface area contributed by atoms with Gasteiger partial charge in [0.05, 0.1) is 5.69 Å². The Kier molecular flexibility index (Phi) is 4.02. The Labute approximate surface area is 144 Å². The molecule has 0 radical (unpaired) electrons. The van der Waals surface area contributed by atoms with Gasteiger partial charge in [-0.2, -0.15) is 0 Å². The molecule has 2 unspecified atom stereocenters. The summed E-state index contributed by atoms with van der Waals surface area (Å²) >= 11 is 0. The number of likely N-dealkylation sites (tertiary alicyclic amines) is 1. The molecular formula is C20H26N4. The molecule has 1 aromatic heterocycles. The van der Waals surface area contributed by atoms with E-state index in [0.29, 0.717) is 5.82 Å². The van der Waals surface area contributed by atoms with E-state index >= 15 is 0 Å². The molecule has 2 aliphatic rings. The summed E-state index contributed by atoms with van der Waals surface area (Å²) in [6, 6.07) is 15.4. The maximum Gasteiger partial charge on any atom is 0.124 e. The Morgan fingerprint density at radius 2 is 1.79 bits per heavy atom. The SMILES string of the molecule is CN(C)C1C2CN(CCc3ccc(-c4cccc(N)n4)cc3)CC21. The van der Waals surface area contributed by atoms with Gasteiger partial charge >= 0.3 is 0 Å². The van der Waals surface area contributed by atoms with Crippen molar-refractivity contribution in [2.45, 2.75) is 12.5 Å². The van der Waals surface area contributed by atoms with Crippen LogP contribution in [0.3, 0.4) is 0 Å². The number of pyridine rings is 1. The van der Waals surface area contributed by atoms with E-state index in [4.69, 9.17) is 5.73 Å². The number of anilines is 1. The molecular weight excluding hydrogens is 296 g/mol. The van der Waals surface area contributed by atoms with Gasteiger partial charge in [-0.15, -0.1) is 0 Å². The third kappa shape index (κ3) is 3.04. The van der Waals surface area contributed by atoms with Crippen LogP contribution >= 0.6 is 0 Å². The zero-order valence-corrected chi connectivity index (χ0v) is 14.5. The second kappa shape index (κ2) is 6.19. The second-order valence-electron chi connectivity index (χ2n) is 7.44. The molecule has 126 valence electrons. The normalized spacial score (nSPS) is 25.9. The molecule has 2 atom stereocenters. The van der Waals surface area contributed by atoms with Crippen molar-refractivity contribution >= 4 is 5.82 Å². The summed E-state index contributed by atoms with van der Waals surface area (Å²) in [4.78, 5) is 9.41. The van der Waals surface area contributed by atoms with Gasteiger partial charge in [0, 0.05) is 31.2 Å². The Balaban J connectivity index is 1.31. The highest BCUT2D eigenvalue weighted by Gasteiger charge is 2.56. The Morgan fingerprint density at radius 1 is 1.08 bits per heavy atom. The second-order valence-corrected chi connectivity index (χ2v) is 7.44. The smallest absolute Gasteiger partial charge is 0.124 e. The zero-order valence-electron chi connectivity index (χ0n) is 14.5. The van der Waals surface area contributed by atoms with Crippen LogP contribution in [-0.2, 0) is 6.42 Å². The summed E-state index contributed by atoms with van der Waals surface area (Å²) in [5, 5.41) is 0. The maximum absolute atomic E-state index is 5.77. The number of nitrogens with zero attached hydrogens (tertiary/aromatic N) is 3. The first-order chi connectivity index (χ1) is 11.6. The number of hydrogen-bond acceptors (Lipinski definition) is 4. The van der Waals surface area contributed by atoms with Gasteiger partial charge in [-0.1, -0.05) is 30.3 Å². The largest absolute Gasteiger partial charge is 0.384 e. The summed E-state index contributed by atoms with van der Waals surface area (Å²) in [5.74, 6) is 2.40. The van der Waals surface area contributed by atoms with Crippen LogP contribution in [0.1, 0.15) is 5.56 Å². The van der Waals surface area contributed by atoms with Crippen molar-refractivity contribution in [2.24, 2.45) is 11.8 Å². The summed E-state index contributed by atoms with van der Waals surface area (Å²) in [7, 11) is 4.42. The summed E-state index contributed by atoms with van der Waals surface area (Å²) < 4.78 is 0. The molecule has 2 heterocycles. The lowest BCUT2D eigenvalue weighted by Gasteiger charge is -2.21. The Morgan fingerprint density at radius 3 is 2.42 bits per heavy atom. The summed E-state index contributed by atoms with van der Waals surface area (Å²) in [6.45, 7) is 3.72. The van der Waals surface area contributed by atoms with Gasteiger partial charge in [0.15, 0.2) is 0 Å². The van der Waals surface area contributed by atoms with Crippen molar-refractivity contribution in [3.63, 3.8) is 0 Å². The van der Waals surface area contributed by atoms with Crippen LogP contribution in [0.25, 0.3) is 11.3 Å². The molecule has 1 saturated carbocycles. The average Bonchev–Trinajstić information content (AvgIpc) is 3.10. The van der Waals surface area contributed by atoms with Gasteiger partial charge in [-0.3, -0.25) is 0 Å². The van der Waals surface area contributed by atoms with E-state index in [1.54, 1.807) is 0 Å². The van der Waals surface area contributed by atoms with E-state index < -0.39 is 0 Å². The number of nitrogen functional groups attached to an aromatic ring is 1. The molecule has 0 amide bonds. The molecule has 0 bridgehead atoms. The first kappa shape index (κ1) is 15.6. The molecule has 2 N–H and O–H groups in total. The molecule has 2 aromatic rings. The first-order valence-electron chi connectivity index (χ1n) is 8.82. The predicted octanol–water partition coefficient (Wildman–Crippen LogP) is 2.37. The van der Waals surface area contributed by atoms with Crippen LogP contribution in [0.15, 0.2) is 42.5 Å². The van der Waals surface area contributed by atoms with E-state index in [9.17, 15) is 0 Å².